The van der Waals surface area contributed by atoms with Crippen LogP contribution in [0.15, 0.2) is 60.7 Å². The van der Waals surface area contributed by atoms with Crippen molar-refractivity contribution < 1.29 is 0 Å². The maximum absolute atomic E-state index is 7.20. The molecule has 0 aliphatic rings. The zero-order valence-corrected chi connectivity index (χ0v) is 9.64. The van der Waals surface area contributed by atoms with Gasteiger partial charge in [0.1, 0.15) is 0 Å². The smallest absolute Gasteiger partial charge is 0.0250 e. The van der Waals surface area contributed by atoms with Gasteiger partial charge in [0, 0.05) is 6.21 Å². The SMILES string of the molecule is N=Cc1cccc(/C=C/Cc2ccccc2)c1. The van der Waals surface area contributed by atoms with E-state index in [1.807, 2.05) is 24.3 Å². The third kappa shape index (κ3) is 3.42. The van der Waals surface area contributed by atoms with Crippen molar-refractivity contribution in [1.82, 2.24) is 0 Å². The van der Waals surface area contributed by atoms with Crippen LogP contribution in [0.3, 0.4) is 0 Å². The molecule has 2 aromatic carbocycles. The van der Waals surface area contributed by atoms with Crippen molar-refractivity contribution in [2.45, 2.75) is 6.42 Å². The maximum Gasteiger partial charge on any atom is 0.0250 e. The van der Waals surface area contributed by atoms with Crippen molar-refractivity contribution in [2.24, 2.45) is 0 Å². The van der Waals surface area contributed by atoms with Gasteiger partial charge in [0.2, 0.25) is 0 Å². The quantitative estimate of drug-likeness (QED) is 0.756. The van der Waals surface area contributed by atoms with Gasteiger partial charge in [0.05, 0.1) is 0 Å². The van der Waals surface area contributed by atoms with Crippen LogP contribution in [-0.2, 0) is 6.42 Å². The second-order valence-electron chi connectivity index (χ2n) is 3.91. The summed E-state index contributed by atoms with van der Waals surface area (Å²) in [6, 6.07) is 18.3. The summed E-state index contributed by atoms with van der Waals surface area (Å²) in [5, 5.41) is 7.20. The Hall–Kier alpha value is -2.15. The molecule has 0 aromatic heterocycles. The second kappa shape index (κ2) is 5.80. The van der Waals surface area contributed by atoms with Crippen LogP contribution < -0.4 is 0 Å². The highest BCUT2D eigenvalue weighted by Crippen LogP contribution is 2.07. The van der Waals surface area contributed by atoms with Crippen molar-refractivity contribution in [3.8, 4) is 0 Å². The van der Waals surface area contributed by atoms with Crippen molar-refractivity contribution >= 4 is 12.3 Å². The third-order valence-electron chi connectivity index (χ3n) is 2.58. The van der Waals surface area contributed by atoms with Crippen molar-refractivity contribution in [2.75, 3.05) is 0 Å². The highest BCUT2D eigenvalue weighted by molar-refractivity contribution is 5.78. The monoisotopic (exact) mass is 221 g/mol. The van der Waals surface area contributed by atoms with E-state index in [0.717, 1.165) is 17.5 Å². The number of hydrogen-bond donors (Lipinski definition) is 1. The molecule has 0 saturated carbocycles. The Morgan fingerprint density at radius 3 is 2.41 bits per heavy atom. The van der Waals surface area contributed by atoms with Gasteiger partial charge in [-0.2, -0.15) is 0 Å². The Kier molecular flexibility index (Phi) is 3.87. The summed E-state index contributed by atoms with van der Waals surface area (Å²) in [5.41, 5.74) is 3.39. The average molecular weight is 221 g/mol. The first-order valence-corrected chi connectivity index (χ1v) is 5.69. The van der Waals surface area contributed by atoms with E-state index in [1.165, 1.54) is 11.8 Å². The lowest BCUT2D eigenvalue weighted by atomic mass is 10.1. The molecule has 84 valence electrons. The van der Waals surface area contributed by atoms with Gasteiger partial charge in [-0.1, -0.05) is 60.7 Å². The molecule has 2 rings (SSSR count). The number of nitrogens with one attached hydrogen (secondary N) is 1. The van der Waals surface area contributed by atoms with Crippen LogP contribution in [0.4, 0.5) is 0 Å². The standard InChI is InChI=1S/C16H15N/c17-13-16-11-5-10-15(12-16)9-4-8-14-6-2-1-3-7-14/h1-7,9-13,17H,8H2/b9-4+,17-13?. The number of benzene rings is 2. The van der Waals surface area contributed by atoms with E-state index in [1.54, 1.807) is 0 Å². The minimum Gasteiger partial charge on any atom is -0.308 e. The predicted molar refractivity (Wildman–Crippen MR) is 73.5 cm³/mol. The molecular formula is C16H15N. The Morgan fingerprint density at radius 1 is 0.882 bits per heavy atom. The maximum atomic E-state index is 7.20. The summed E-state index contributed by atoms with van der Waals surface area (Å²) in [4.78, 5) is 0. The zero-order chi connectivity index (χ0) is 11.9. The molecule has 0 bridgehead atoms. The normalized spacial score (nSPS) is 10.6. The first kappa shape index (κ1) is 11.3. The molecule has 0 fully saturated rings. The molecule has 0 spiro atoms. The highest BCUT2D eigenvalue weighted by atomic mass is 14.3. The Morgan fingerprint density at radius 2 is 1.65 bits per heavy atom. The summed E-state index contributed by atoms with van der Waals surface area (Å²) < 4.78 is 0. The lowest BCUT2D eigenvalue weighted by Crippen LogP contribution is -1.81. The molecule has 0 atom stereocenters. The first-order chi connectivity index (χ1) is 8.38. The molecule has 0 amide bonds. The molecular weight excluding hydrogens is 206 g/mol. The van der Waals surface area contributed by atoms with Gasteiger partial charge in [-0.05, 0) is 29.2 Å². The van der Waals surface area contributed by atoms with Crippen molar-refractivity contribution in [1.29, 1.82) is 5.41 Å². The van der Waals surface area contributed by atoms with Gasteiger partial charge >= 0.3 is 0 Å². The molecule has 17 heavy (non-hydrogen) atoms. The van der Waals surface area contributed by atoms with E-state index in [0.29, 0.717) is 0 Å². The summed E-state index contributed by atoms with van der Waals surface area (Å²) in [6.07, 6.45) is 6.56. The van der Waals surface area contributed by atoms with Crippen LogP contribution in [-0.4, -0.2) is 6.21 Å². The van der Waals surface area contributed by atoms with Crippen LogP contribution in [0.25, 0.3) is 6.08 Å². The summed E-state index contributed by atoms with van der Waals surface area (Å²) >= 11 is 0. The minimum absolute atomic E-state index is 0.937. The van der Waals surface area contributed by atoms with Crippen molar-refractivity contribution in [3.05, 3.63) is 77.4 Å². The van der Waals surface area contributed by atoms with Gasteiger partial charge in [0.25, 0.3) is 0 Å². The Bertz CT molecular complexity index is 512. The molecule has 1 nitrogen and oxygen atoms in total. The second-order valence-corrected chi connectivity index (χ2v) is 3.91. The number of rotatable bonds is 4. The van der Waals surface area contributed by atoms with Gasteiger partial charge in [0.15, 0.2) is 0 Å². The fourth-order valence-electron chi connectivity index (χ4n) is 1.70. The van der Waals surface area contributed by atoms with E-state index in [-0.39, 0.29) is 0 Å². The molecule has 0 radical (unpaired) electrons. The lowest BCUT2D eigenvalue weighted by molar-refractivity contribution is 1.28. The summed E-state index contributed by atoms with van der Waals surface area (Å²) in [6.45, 7) is 0. The molecule has 0 aliphatic carbocycles. The van der Waals surface area contributed by atoms with Gasteiger partial charge in [-0.15, -0.1) is 0 Å². The largest absolute Gasteiger partial charge is 0.308 e. The van der Waals surface area contributed by atoms with Gasteiger partial charge in [-0.25, -0.2) is 0 Å². The van der Waals surface area contributed by atoms with Crippen LogP contribution in [0, 0.1) is 5.41 Å². The van der Waals surface area contributed by atoms with Crippen molar-refractivity contribution in [3.63, 3.8) is 0 Å². The fraction of sp³-hybridized carbons (Fsp3) is 0.0625. The van der Waals surface area contributed by atoms with Crippen LogP contribution in [0.5, 0.6) is 0 Å². The van der Waals surface area contributed by atoms with Gasteiger partial charge < -0.3 is 5.41 Å². The number of hydrogen-bond acceptors (Lipinski definition) is 1. The molecule has 0 heterocycles. The summed E-state index contributed by atoms with van der Waals surface area (Å²) in [7, 11) is 0. The van der Waals surface area contributed by atoms with E-state index in [4.69, 9.17) is 5.41 Å². The predicted octanol–water partition coefficient (Wildman–Crippen LogP) is 3.94. The molecule has 0 unspecified atom stereocenters. The molecule has 1 heteroatoms. The topological polar surface area (TPSA) is 23.9 Å². The lowest BCUT2D eigenvalue weighted by Gasteiger charge is -1.97. The van der Waals surface area contributed by atoms with E-state index >= 15 is 0 Å². The molecule has 1 N–H and O–H groups in total. The van der Waals surface area contributed by atoms with E-state index in [9.17, 15) is 0 Å². The van der Waals surface area contributed by atoms with Crippen LogP contribution in [0.2, 0.25) is 0 Å². The minimum atomic E-state index is 0.937. The van der Waals surface area contributed by atoms with Gasteiger partial charge in [-0.3, -0.25) is 0 Å². The Balaban J connectivity index is 2.03. The zero-order valence-electron chi connectivity index (χ0n) is 9.64. The van der Waals surface area contributed by atoms with Crippen LogP contribution in [0.1, 0.15) is 16.7 Å². The number of allylic oxidation sites excluding steroid dienone is 1. The highest BCUT2D eigenvalue weighted by Gasteiger charge is 1.90. The van der Waals surface area contributed by atoms with E-state index < -0.39 is 0 Å². The summed E-state index contributed by atoms with van der Waals surface area (Å²) in [5.74, 6) is 0. The Labute approximate surface area is 102 Å². The fourth-order valence-corrected chi connectivity index (χ4v) is 1.70. The third-order valence-corrected chi connectivity index (χ3v) is 2.58. The molecule has 0 aliphatic heterocycles. The molecule has 0 saturated heterocycles. The van der Waals surface area contributed by atoms with E-state index in [2.05, 4.69) is 42.5 Å². The van der Waals surface area contributed by atoms with Crippen LogP contribution >= 0.6 is 0 Å². The first-order valence-electron chi connectivity index (χ1n) is 5.69. The molecule has 2 aromatic rings. The average Bonchev–Trinajstić information content (AvgIpc) is 2.40.